The van der Waals surface area contributed by atoms with E-state index in [2.05, 4.69) is 11.8 Å². The van der Waals surface area contributed by atoms with Crippen LogP contribution in [-0.4, -0.2) is 29.7 Å². The Morgan fingerprint density at radius 1 is 1.41 bits per heavy atom. The summed E-state index contributed by atoms with van der Waals surface area (Å²) in [4.78, 5) is 11.4. The van der Waals surface area contributed by atoms with Gasteiger partial charge in [0.2, 0.25) is 0 Å². The summed E-state index contributed by atoms with van der Waals surface area (Å²) in [5.41, 5.74) is 0.651. The first kappa shape index (κ1) is 12.1. The molecule has 0 spiro atoms. The quantitative estimate of drug-likeness (QED) is 0.732. The maximum atomic E-state index is 11.4. The number of ether oxygens (including phenoxy) is 1. The molecule has 0 aromatic carbocycles. The first-order chi connectivity index (χ1) is 8.27. The maximum absolute atomic E-state index is 11.4. The second-order valence-corrected chi connectivity index (χ2v) is 4.30. The number of fused-ring (bicyclic) bond motifs is 1. The molecule has 1 fully saturated rings. The summed E-state index contributed by atoms with van der Waals surface area (Å²) < 4.78 is 5.83. The van der Waals surface area contributed by atoms with Gasteiger partial charge in [0.25, 0.3) is 0 Å². The number of ketones is 1. The molecular formula is C14H16O3. The van der Waals surface area contributed by atoms with Crippen LogP contribution in [0.5, 0.6) is 0 Å². The molecule has 0 aromatic rings. The van der Waals surface area contributed by atoms with E-state index in [0.29, 0.717) is 0 Å². The number of carbonyl (C=O) groups excluding carboxylic acids is 1. The highest BCUT2D eigenvalue weighted by Gasteiger charge is 2.37. The number of hydrogen-bond acceptors (Lipinski definition) is 3. The molecule has 0 aromatic heterocycles. The molecule has 2 aliphatic carbocycles. The monoisotopic (exact) mass is 232 g/mol. The number of allylic oxidation sites excluding steroid dienone is 2. The molecule has 2 rings (SSSR count). The zero-order chi connectivity index (χ0) is 12.1. The zero-order valence-corrected chi connectivity index (χ0v) is 9.74. The standard InChI is InChI=1S/C14H16O3/c15-9-3-4-10-17-14-7-2-1-5-12(14)11-13(16)6-8-14/h6,8,11,15H,1-2,5,7,9-10H2/t14-/m1/s1. The molecule has 0 saturated heterocycles. The summed E-state index contributed by atoms with van der Waals surface area (Å²) in [6, 6.07) is 0. The lowest BCUT2D eigenvalue weighted by Gasteiger charge is -2.38. The minimum absolute atomic E-state index is 0.0440. The summed E-state index contributed by atoms with van der Waals surface area (Å²) in [5.74, 6) is 5.36. The van der Waals surface area contributed by atoms with Crippen molar-refractivity contribution in [3.63, 3.8) is 0 Å². The van der Waals surface area contributed by atoms with Gasteiger partial charge in [0.15, 0.2) is 5.78 Å². The third kappa shape index (κ3) is 2.66. The van der Waals surface area contributed by atoms with Crippen LogP contribution in [-0.2, 0) is 9.53 Å². The summed E-state index contributed by atoms with van der Waals surface area (Å²) in [7, 11) is 0. The van der Waals surface area contributed by atoms with Gasteiger partial charge in [-0.3, -0.25) is 4.79 Å². The largest absolute Gasteiger partial charge is 0.384 e. The fourth-order valence-corrected chi connectivity index (χ4v) is 2.38. The molecule has 0 aliphatic heterocycles. The Morgan fingerprint density at radius 3 is 3.12 bits per heavy atom. The molecule has 90 valence electrons. The lowest BCUT2D eigenvalue weighted by molar-refractivity contribution is -0.111. The van der Waals surface area contributed by atoms with Crippen molar-refractivity contribution >= 4 is 5.78 Å². The third-order valence-corrected chi connectivity index (χ3v) is 3.23. The second-order valence-electron chi connectivity index (χ2n) is 4.30. The Bertz CT molecular complexity index is 422. The second kappa shape index (κ2) is 5.31. The van der Waals surface area contributed by atoms with E-state index >= 15 is 0 Å². The first-order valence-electron chi connectivity index (χ1n) is 5.92. The highest BCUT2D eigenvalue weighted by molar-refractivity contribution is 6.01. The molecule has 0 radical (unpaired) electrons. The minimum atomic E-state index is -0.420. The van der Waals surface area contributed by atoms with E-state index in [-0.39, 0.29) is 19.0 Å². The molecule has 1 saturated carbocycles. The van der Waals surface area contributed by atoms with Crippen molar-refractivity contribution in [2.24, 2.45) is 0 Å². The average molecular weight is 232 g/mol. The van der Waals surface area contributed by atoms with Gasteiger partial charge < -0.3 is 9.84 Å². The molecule has 3 nitrogen and oxygen atoms in total. The van der Waals surface area contributed by atoms with Gasteiger partial charge in [-0.25, -0.2) is 0 Å². The molecule has 17 heavy (non-hydrogen) atoms. The molecule has 0 heterocycles. The number of rotatable bonds is 2. The number of carbonyl (C=O) groups is 1. The van der Waals surface area contributed by atoms with Gasteiger partial charge in [0.1, 0.15) is 18.8 Å². The highest BCUT2D eigenvalue weighted by atomic mass is 16.5. The van der Waals surface area contributed by atoms with Gasteiger partial charge in [-0.2, -0.15) is 0 Å². The molecule has 1 N–H and O–H groups in total. The Morgan fingerprint density at radius 2 is 2.29 bits per heavy atom. The first-order valence-corrected chi connectivity index (χ1v) is 5.92. The third-order valence-electron chi connectivity index (χ3n) is 3.23. The van der Waals surface area contributed by atoms with Crippen molar-refractivity contribution in [3.05, 3.63) is 23.8 Å². The fourth-order valence-electron chi connectivity index (χ4n) is 2.38. The van der Waals surface area contributed by atoms with E-state index in [4.69, 9.17) is 9.84 Å². The fraction of sp³-hybridized carbons (Fsp3) is 0.500. The topological polar surface area (TPSA) is 46.5 Å². The zero-order valence-electron chi connectivity index (χ0n) is 9.74. The summed E-state index contributed by atoms with van der Waals surface area (Å²) in [6.07, 6.45) is 9.17. The highest BCUT2D eigenvalue weighted by Crippen LogP contribution is 2.39. The van der Waals surface area contributed by atoms with Gasteiger partial charge in [0, 0.05) is 0 Å². The van der Waals surface area contributed by atoms with Crippen LogP contribution >= 0.6 is 0 Å². The van der Waals surface area contributed by atoms with Crippen LogP contribution in [0.25, 0.3) is 0 Å². The summed E-state index contributed by atoms with van der Waals surface area (Å²) in [5, 5.41) is 8.57. The van der Waals surface area contributed by atoms with Crippen molar-refractivity contribution in [3.8, 4) is 11.8 Å². The lowest BCUT2D eigenvalue weighted by atomic mass is 9.77. The van der Waals surface area contributed by atoms with Crippen molar-refractivity contribution in [2.75, 3.05) is 13.2 Å². The maximum Gasteiger partial charge on any atom is 0.178 e. The lowest BCUT2D eigenvalue weighted by Crippen LogP contribution is -2.37. The summed E-state index contributed by atoms with van der Waals surface area (Å²) >= 11 is 0. The van der Waals surface area contributed by atoms with Crippen molar-refractivity contribution < 1.29 is 14.6 Å². The smallest absolute Gasteiger partial charge is 0.178 e. The van der Waals surface area contributed by atoms with Gasteiger partial charge in [-0.1, -0.05) is 11.8 Å². The number of aliphatic hydroxyl groups is 1. The molecular weight excluding hydrogens is 216 g/mol. The van der Waals surface area contributed by atoms with E-state index in [9.17, 15) is 4.79 Å². The Kier molecular flexibility index (Phi) is 3.78. The van der Waals surface area contributed by atoms with Gasteiger partial charge in [-0.05, 0) is 49.5 Å². The van der Waals surface area contributed by atoms with E-state index in [1.54, 1.807) is 12.2 Å². The van der Waals surface area contributed by atoms with Crippen LogP contribution in [0.1, 0.15) is 25.7 Å². The van der Waals surface area contributed by atoms with Crippen molar-refractivity contribution in [1.82, 2.24) is 0 Å². The van der Waals surface area contributed by atoms with Crippen LogP contribution in [0.3, 0.4) is 0 Å². The van der Waals surface area contributed by atoms with Crippen LogP contribution in [0.4, 0.5) is 0 Å². The number of hydrogen-bond donors (Lipinski definition) is 1. The Hall–Kier alpha value is -1.37. The predicted octanol–water partition coefficient (Wildman–Crippen LogP) is 1.38. The SMILES string of the molecule is O=C1C=C[C@]2(OCC#CCO)CCCCC2=C1. The molecule has 3 heteroatoms. The van der Waals surface area contributed by atoms with Crippen LogP contribution in [0.15, 0.2) is 23.8 Å². The van der Waals surface area contributed by atoms with Crippen molar-refractivity contribution in [2.45, 2.75) is 31.3 Å². The Balaban J connectivity index is 2.11. The van der Waals surface area contributed by atoms with Crippen LogP contribution in [0.2, 0.25) is 0 Å². The van der Waals surface area contributed by atoms with Crippen LogP contribution in [0, 0.1) is 11.8 Å². The molecule has 1 atom stereocenters. The minimum Gasteiger partial charge on any atom is -0.384 e. The molecule has 0 bridgehead atoms. The Labute approximate surface area is 101 Å². The van der Waals surface area contributed by atoms with Gasteiger partial charge >= 0.3 is 0 Å². The van der Waals surface area contributed by atoms with E-state index < -0.39 is 5.60 Å². The van der Waals surface area contributed by atoms with E-state index in [1.807, 2.05) is 6.08 Å². The summed E-state index contributed by atoms with van der Waals surface area (Å²) in [6.45, 7) is 0.143. The molecule has 2 aliphatic rings. The van der Waals surface area contributed by atoms with Crippen LogP contribution < -0.4 is 0 Å². The predicted molar refractivity (Wildman–Crippen MR) is 64.2 cm³/mol. The normalized spacial score (nSPS) is 26.9. The molecule has 0 amide bonds. The van der Waals surface area contributed by atoms with Gasteiger partial charge in [0.05, 0.1) is 0 Å². The van der Waals surface area contributed by atoms with E-state index in [1.165, 1.54) is 0 Å². The number of aliphatic hydroxyl groups excluding tert-OH is 1. The van der Waals surface area contributed by atoms with E-state index in [0.717, 1.165) is 31.3 Å². The average Bonchev–Trinajstić information content (AvgIpc) is 2.35. The van der Waals surface area contributed by atoms with Gasteiger partial charge in [-0.15, -0.1) is 0 Å². The molecule has 0 unspecified atom stereocenters. The van der Waals surface area contributed by atoms with Crippen molar-refractivity contribution in [1.29, 1.82) is 0 Å².